The third-order valence-electron chi connectivity index (χ3n) is 6.42. The van der Waals surface area contributed by atoms with E-state index in [4.69, 9.17) is 0 Å². The second-order valence-corrected chi connectivity index (χ2v) is 7.22. The van der Waals surface area contributed by atoms with E-state index in [0.29, 0.717) is 29.3 Å². The molecule has 4 rings (SSSR count). The molecule has 2 fully saturated rings. The molecule has 4 atom stereocenters. The molecule has 1 aromatic carbocycles. The summed E-state index contributed by atoms with van der Waals surface area (Å²) in [4.78, 5) is 12.3. The normalized spacial score (nSPS) is 39.0. The van der Waals surface area contributed by atoms with E-state index in [9.17, 15) is 9.90 Å². The molecule has 0 heterocycles. The number of Topliss-reactive ketones (excluding diaryl/α,β-unsaturated/α-hetero) is 1. The predicted octanol–water partition coefficient (Wildman–Crippen LogP) is 3.82. The Bertz CT molecular complexity index is 577. The lowest BCUT2D eigenvalue weighted by Crippen LogP contribution is -2.42. The molecule has 2 heteroatoms. The Labute approximate surface area is 120 Å². The first-order chi connectivity index (χ1) is 9.59. The lowest BCUT2D eigenvalue weighted by Gasteiger charge is -2.48. The van der Waals surface area contributed by atoms with Crippen molar-refractivity contribution in [2.24, 2.45) is 17.3 Å². The van der Waals surface area contributed by atoms with Gasteiger partial charge in [0.15, 0.2) is 0 Å². The fraction of sp³-hybridized carbons (Fsp3) is 0.611. The van der Waals surface area contributed by atoms with Gasteiger partial charge in [0.2, 0.25) is 0 Å². The molecule has 0 aromatic heterocycles. The number of ketones is 1. The van der Waals surface area contributed by atoms with Crippen LogP contribution in [0.15, 0.2) is 18.2 Å². The number of carbonyl (C=O) groups excluding carboxylic acids is 1. The Morgan fingerprint density at radius 2 is 2.05 bits per heavy atom. The molecule has 1 N–H and O–H groups in total. The molecule has 106 valence electrons. The third-order valence-corrected chi connectivity index (χ3v) is 6.42. The molecule has 2 nitrogen and oxygen atoms in total. The zero-order valence-corrected chi connectivity index (χ0v) is 12.1. The first-order valence-electron chi connectivity index (χ1n) is 7.95. The van der Waals surface area contributed by atoms with Crippen LogP contribution in [-0.2, 0) is 11.2 Å². The van der Waals surface area contributed by atoms with Gasteiger partial charge in [0, 0.05) is 11.8 Å². The van der Waals surface area contributed by atoms with Crippen molar-refractivity contribution >= 4 is 5.78 Å². The fourth-order valence-electron chi connectivity index (χ4n) is 5.32. The summed E-state index contributed by atoms with van der Waals surface area (Å²) in [6, 6.07) is 5.88. The van der Waals surface area contributed by atoms with Crippen LogP contribution in [0.3, 0.4) is 0 Å². The van der Waals surface area contributed by atoms with Gasteiger partial charge in [-0.25, -0.2) is 0 Å². The van der Waals surface area contributed by atoms with Crippen molar-refractivity contribution in [3.63, 3.8) is 0 Å². The topological polar surface area (TPSA) is 37.3 Å². The van der Waals surface area contributed by atoms with Crippen LogP contribution in [0.5, 0.6) is 5.75 Å². The zero-order chi connectivity index (χ0) is 13.9. The van der Waals surface area contributed by atoms with Gasteiger partial charge >= 0.3 is 0 Å². The lowest BCUT2D eigenvalue weighted by molar-refractivity contribution is -0.129. The molecular weight excluding hydrogens is 248 g/mol. The highest BCUT2D eigenvalue weighted by atomic mass is 16.3. The summed E-state index contributed by atoms with van der Waals surface area (Å²) in [5.74, 6) is 2.68. The van der Waals surface area contributed by atoms with Gasteiger partial charge in [0.1, 0.15) is 11.5 Å². The van der Waals surface area contributed by atoms with Crippen molar-refractivity contribution in [3.8, 4) is 5.75 Å². The number of aryl methyl sites for hydroxylation is 1. The number of phenolic OH excluding ortho intramolecular Hbond substituents is 1. The van der Waals surface area contributed by atoms with E-state index in [-0.39, 0.29) is 5.41 Å². The maximum absolute atomic E-state index is 12.3. The SMILES string of the molecule is C[C@]12CC[C@@H]3c4cc(O)ccc4CC[C@H]3[C@@H]1CCC2=O. The first kappa shape index (κ1) is 12.4. The Hall–Kier alpha value is -1.31. The standard InChI is InChI=1S/C18H22O2/c1-18-9-8-13-14(16(18)6-7-17(18)20)5-3-11-2-4-12(19)10-15(11)13/h2,4,10,13-14,16,19H,3,5-9H2,1H3/t13-,14+,16-,18-/m0/s1. The first-order valence-corrected chi connectivity index (χ1v) is 7.95. The number of hydrogen-bond acceptors (Lipinski definition) is 2. The van der Waals surface area contributed by atoms with Crippen molar-refractivity contribution < 1.29 is 9.90 Å². The van der Waals surface area contributed by atoms with E-state index in [2.05, 4.69) is 13.0 Å². The van der Waals surface area contributed by atoms with Gasteiger partial charge in [-0.3, -0.25) is 4.79 Å². The van der Waals surface area contributed by atoms with Crippen LogP contribution in [0.2, 0.25) is 0 Å². The van der Waals surface area contributed by atoms with E-state index in [1.165, 1.54) is 17.5 Å². The van der Waals surface area contributed by atoms with Crippen LogP contribution in [-0.4, -0.2) is 10.9 Å². The third kappa shape index (κ3) is 1.54. The molecule has 3 aliphatic rings. The van der Waals surface area contributed by atoms with Crippen molar-refractivity contribution in [2.75, 3.05) is 0 Å². The van der Waals surface area contributed by atoms with Crippen LogP contribution in [0.25, 0.3) is 0 Å². The van der Waals surface area contributed by atoms with Gasteiger partial charge in [-0.2, -0.15) is 0 Å². The van der Waals surface area contributed by atoms with Gasteiger partial charge in [0.25, 0.3) is 0 Å². The zero-order valence-electron chi connectivity index (χ0n) is 12.1. The molecular formula is C18H22O2. The minimum absolute atomic E-state index is 0.0461. The molecule has 3 aliphatic carbocycles. The highest BCUT2D eigenvalue weighted by Crippen LogP contribution is 2.59. The van der Waals surface area contributed by atoms with E-state index in [0.717, 1.165) is 32.1 Å². The van der Waals surface area contributed by atoms with E-state index in [1.54, 1.807) is 0 Å². The Morgan fingerprint density at radius 3 is 2.90 bits per heavy atom. The van der Waals surface area contributed by atoms with Crippen LogP contribution in [0.1, 0.15) is 56.1 Å². The molecule has 0 amide bonds. The van der Waals surface area contributed by atoms with Gasteiger partial charge in [-0.05, 0) is 73.1 Å². The summed E-state index contributed by atoms with van der Waals surface area (Å²) < 4.78 is 0. The average molecular weight is 270 g/mol. The Morgan fingerprint density at radius 1 is 1.20 bits per heavy atom. The molecule has 1 aromatic rings. The second kappa shape index (κ2) is 4.09. The van der Waals surface area contributed by atoms with Crippen LogP contribution in [0.4, 0.5) is 0 Å². The van der Waals surface area contributed by atoms with Crippen LogP contribution in [0, 0.1) is 17.3 Å². The maximum atomic E-state index is 12.3. The molecule has 0 spiro atoms. The van der Waals surface area contributed by atoms with Crippen LogP contribution >= 0.6 is 0 Å². The summed E-state index contributed by atoms with van der Waals surface area (Å²) in [6.45, 7) is 2.21. The number of phenols is 1. The number of benzene rings is 1. The average Bonchev–Trinajstić information content (AvgIpc) is 2.74. The summed E-state index contributed by atoms with van der Waals surface area (Å²) in [5, 5.41) is 9.80. The summed E-state index contributed by atoms with van der Waals surface area (Å²) in [5.41, 5.74) is 2.73. The second-order valence-electron chi connectivity index (χ2n) is 7.22. The van der Waals surface area contributed by atoms with Crippen molar-refractivity contribution in [1.29, 1.82) is 0 Å². The Kier molecular flexibility index (Phi) is 2.55. The van der Waals surface area contributed by atoms with Gasteiger partial charge in [-0.1, -0.05) is 13.0 Å². The smallest absolute Gasteiger partial charge is 0.139 e. The monoisotopic (exact) mass is 270 g/mol. The summed E-state index contributed by atoms with van der Waals surface area (Å²) >= 11 is 0. The minimum Gasteiger partial charge on any atom is -0.508 e. The van der Waals surface area contributed by atoms with Gasteiger partial charge in [-0.15, -0.1) is 0 Å². The quantitative estimate of drug-likeness (QED) is 0.778. The molecule has 0 saturated heterocycles. The highest BCUT2D eigenvalue weighted by Gasteiger charge is 2.54. The largest absolute Gasteiger partial charge is 0.508 e. The van der Waals surface area contributed by atoms with E-state index in [1.807, 2.05) is 12.1 Å². The van der Waals surface area contributed by atoms with Crippen molar-refractivity contribution in [2.45, 2.75) is 51.4 Å². The molecule has 20 heavy (non-hydrogen) atoms. The molecule has 0 radical (unpaired) electrons. The maximum Gasteiger partial charge on any atom is 0.139 e. The molecule has 0 bridgehead atoms. The predicted molar refractivity (Wildman–Crippen MR) is 77.7 cm³/mol. The van der Waals surface area contributed by atoms with E-state index < -0.39 is 0 Å². The van der Waals surface area contributed by atoms with Gasteiger partial charge < -0.3 is 5.11 Å². The number of rotatable bonds is 0. The molecule has 0 unspecified atom stereocenters. The number of fused-ring (bicyclic) bond motifs is 5. The van der Waals surface area contributed by atoms with Crippen molar-refractivity contribution in [3.05, 3.63) is 29.3 Å². The lowest BCUT2D eigenvalue weighted by atomic mass is 9.55. The van der Waals surface area contributed by atoms with Crippen molar-refractivity contribution in [1.82, 2.24) is 0 Å². The number of aromatic hydroxyl groups is 1. The molecule has 2 saturated carbocycles. The number of hydrogen-bond donors (Lipinski definition) is 1. The van der Waals surface area contributed by atoms with E-state index >= 15 is 0 Å². The highest BCUT2D eigenvalue weighted by molar-refractivity contribution is 5.87. The minimum atomic E-state index is -0.0461. The fourth-order valence-corrected chi connectivity index (χ4v) is 5.32. The Balaban J connectivity index is 1.74. The molecule has 0 aliphatic heterocycles. The van der Waals surface area contributed by atoms with Crippen LogP contribution < -0.4 is 0 Å². The summed E-state index contributed by atoms with van der Waals surface area (Å²) in [6.07, 6.45) is 6.35. The summed E-state index contributed by atoms with van der Waals surface area (Å²) in [7, 11) is 0. The van der Waals surface area contributed by atoms with Gasteiger partial charge in [0.05, 0.1) is 0 Å². The number of carbonyl (C=O) groups is 1.